The minimum absolute atomic E-state index is 0.0399. The molecule has 96 valence electrons. The van der Waals surface area contributed by atoms with Crippen LogP contribution in [0.2, 0.25) is 0 Å². The zero-order valence-corrected chi connectivity index (χ0v) is 10.8. The Morgan fingerprint density at radius 3 is 2.76 bits per heavy atom. The second kappa shape index (κ2) is 6.05. The van der Waals surface area contributed by atoms with E-state index in [1.54, 1.807) is 19.1 Å². The molecular weight excluding hydrogens is 243 g/mol. The summed E-state index contributed by atoms with van der Waals surface area (Å²) in [4.78, 5) is 9.49. The van der Waals surface area contributed by atoms with Crippen molar-refractivity contribution in [2.45, 2.75) is 26.4 Å². The van der Waals surface area contributed by atoms with Crippen LogP contribution in [0.5, 0.6) is 11.5 Å². The summed E-state index contributed by atoms with van der Waals surface area (Å²) >= 11 is 0. The standard InChI is InChI=1S/C11H17O5P/c1-3-9(2)16-17(13,14)8-15-11-6-4-5-10(12)7-11/h4-7,9,12H,3,8H2,1-2H3,(H,13,14). The van der Waals surface area contributed by atoms with E-state index in [0.29, 0.717) is 12.2 Å². The van der Waals surface area contributed by atoms with E-state index in [4.69, 9.17) is 9.26 Å². The number of hydrogen-bond donors (Lipinski definition) is 2. The van der Waals surface area contributed by atoms with Crippen LogP contribution in [0.3, 0.4) is 0 Å². The Morgan fingerprint density at radius 2 is 2.18 bits per heavy atom. The summed E-state index contributed by atoms with van der Waals surface area (Å²) < 4.78 is 21.6. The van der Waals surface area contributed by atoms with Gasteiger partial charge in [0.2, 0.25) is 0 Å². The van der Waals surface area contributed by atoms with Crippen molar-refractivity contribution >= 4 is 7.60 Å². The van der Waals surface area contributed by atoms with E-state index >= 15 is 0 Å². The van der Waals surface area contributed by atoms with Gasteiger partial charge in [0, 0.05) is 6.07 Å². The van der Waals surface area contributed by atoms with Crippen molar-refractivity contribution in [1.82, 2.24) is 0 Å². The minimum atomic E-state index is -3.75. The summed E-state index contributed by atoms with van der Waals surface area (Å²) in [5, 5.41) is 9.18. The largest absolute Gasteiger partial charge is 0.508 e. The van der Waals surface area contributed by atoms with Crippen LogP contribution in [0, 0.1) is 0 Å². The molecule has 5 nitrogen and oxygen atoms in total. The molecule has 0 spiro atoms. The topological polar surface area (TPSA) is 76.0 Å². The Balaban J connectivity index is 2.52. The summed E-state index contributed by atoms with van der Waals surface area (Å²) in [7, 11) is -3.75. The van der Waals surface area contributed by atoms with E-state index in [1.165, 1.54) is 12.1 Å². The van der Waals surface area contributed by atoms with Gasteiger partial charge in [-0.3, -0.25) is 4.57 Å². The Hall–Kier alpha value is -1.03. The Labute approximate surface area is 101 Å². The summed E-state index contributed by atoms with van der Waals surface area (Å²) in [5.74, 6) is 0.366. The van der Waals surface area contributed by atoms with Crippen LogP contribution in [0.15, 0.2) is 24.3 Å². The molecule has 1 aromatic carbocycles. The summed E-state index contributed by atoms with van der Waals surface area (Å²) in [5.41, 5.74) is 0. The minimum Gasteiger partial charge on any atom is -0.508 e. The van der Waals surface area contributed by atoms with Crippen molar-refractivity contribution in [3.8, 4) is 11.5 Å². The summed E-state index contributed by atoms with van der Waals surface area (Å²) in [6.07, 6.45) is -0.0732. The maximum atomic E-state index is 11.6. The fourth-order valence-corrected chi connectivity index (χ4v) is 2.20. The van der Waals surface area contributed by atoms with Gasteiger partial charge in [0.15, 0.2) is 6.35 Å². The Kier molecular flexibility index (Phi) is 5.00. The smallest absolute Gasteiger partial charge is 0.365 e. The van der Waals surface area contributed by atoms with Gasteiger partial charge < -0.3 is 19.3 Å². The lowest BCUT2D eigenvalue weighted by molar-refractivity contribution is 0.170. The van der Waals surface area contributed by atoms with E-state index in [9.17, 15) is 14.6 Å². The second-order valence-corrected chi connectivity index (χ2v) is 5.48. The van der Waals surface area contributed by atoms with Crippen molar-refractivity contribution < 1.29 is 23.8 Å². The molecule has 0 saturated heterocycles. The van der Waals surface area contributed by atoms with Crippen LogP contribution in [-0.2, 0) is 9.09 Å². The van der Waals surface area contributed by atoms with Crippen LogP contribution >= 0.6 is 7.60 Å². The maximum absolute atomic E-state index is 11.6. The average Bonchev–Trinajstić information content (AvgIpc) is 2.26. The first-order valence-corrected chi connectivity index (χ1v) is 7.11. The normalized spacial score (nSPS) is 16.2. The predicted molar refractivity (Wildman–Crippen MR) is 64.3 cm³/mol. The first kappa shape index (κ1) is 14.0. The molecule has 0 fully saturated rings. The van der Waals surface area contributed by atoms with Gasteiger partial charge in [-0.2, -0.15) is 0 Å². The predicted octanol–water partition coefficient (Wildman–Crippen LogP) is 2.73. The highest BCUT2D eigenvalue weighted by Gasteiger charge is 2.23. The van der Waals surface area contributed by atoms with Crippen molar-refractivity contribution in [3.63, 3.8) is 0 Å². The zero-order valence-electron chi connectivity index (χ0n) is 9.87. The molecule has 1 rings (SSSR count). The highest BCUT2D eigenvalue weighted by atomic mass is 31.2. The molecule has 0 aliphatic heterocycles. The van der Waals surface area contributed by atoms with Crippen LogP contribution in [-0.4, -0.2) is 22.5 Å². The SMILES string of the molecule is CCC(C)OP(=O)(O)COc1cccc(O)c1. The lowest BCUT2D eigenvalue weighted by Gasteiger charge is -2.17. The van der Waals surface area contributed by atoms with Gasteiger partial charge in [-0.05, 0) is 25.5 Å². The first-order valence-electron chi connectivity index (χ1n) is 5.35. The van der Waals surface area contributed by atoms with Gasteiger partial charge in [0.25, 0.3) is 0 Å². The highest BCUT2D eigenvalue weighted by Crippen LogP contribution is 2.43. The molecule has 0 aliphatic carbocycles. The van der Waals surface area contributed by atoms with Crippen LogP contribution < -0.4 is 4.74 Å². The van der Waals surface area contributed by atoms with E-state index in [0.717, 1.165) is 0 Å². The van der Waals surface area contributed by atoms with E-state index < -0.39 is 13.9 Å². The first-order chi connectivity index (χ1) is 7.93. The van der Waals surface area contributed by atoms with Gasteiger partial charge in [0.05, 0.1) is 6.10 Å². The van der Waals surface area contributed by atoms with E-state index in [1.807, 2.05) is 6.92 Å². The molecule has 6 heteroatoms. The average molecular weight is 260 g/mol. The quantitative estimate of drug-likeness (QED) is 0.769. The highest BCUT2D eigenvalue weighted by molar-refractivity contribution is 7.52. The van der Waals surface area contributed by atoms with Crippen LogP contribution in [0.4, 0.5) is 0 Å². The maximum Gasteiger partial charge on any atom is 0.365 e. The third kappa shape index (κ3) is 5.22. The monoisotopic (exact) mass is 260 g/mol. The summed E-state index contributed by atoms with van der Waals surface area (Å²) in [6, 6.07) is 6.02. The fraction of sp³-hybridized carbons (Fsp3) is 0.455. The lowest BCUT2D eigenvalue weighted by Crippen LogP contribution is -2.09. The lowest BCUT2D eigenvalue weighted by atomic mass is 10.3. The van der Waals surface area contributed by atoms with Gasteiger partial charge >= 0.3 is 7.60 Å². The van der Waals surface area contributed by atoms with Crippen molar-refractivity contribution in [3.05, 3.63) is 24.3 Å². The molecule has 2 unspecified atom stereocenters. The zero-order chi connectivity index (χ0) is 12.9. The molecule has 2 N–H and O–H groups in total. The molecule has 0 bridgehead atoms. The van der Waals surface area contributed by atoms with Crippen LogP contribution in [0.25, 0.3) is 0 Å². The molecule has 0 aliphatic rings. The molecule has 0 heterocycles. The number of hydrogen-bond acceptors (Lipinski definition) is 4. The Morgan fingerprint density at radius 1 is 1.47 bits per heavy atom. The number of phenolic OH excluding ortho intramolecular Hbond substituents is 1. The molecule has 1 aromatic rings. The fourth-order valence-electron chi connectivity index (χ4n) is 1.12. The Bertz CT molecular complexity index is 407. The van der Waals surface area contributed by atoms with Crippen molar-refractivity contribution in [1.29, 1.82) is 0 Å². The number of phenols is 1. The molecule has 0 radical (unpaired) electrons. The second-order valence-electron chi connectivity index (χ2n) is 3.73. The number of ether oxygens (including phenoxy) is 1. The van der Waals surface area contributed by atoms with E-state index in [2.05, 4.69) is 0 Å². The van der Waals surface area contributed by atoms with Gasteiger partial charge in [-0.25, -0.2) is 0 Å². The molecule has 17 heavy (non-hydrogen) atoms. The third-order valence-corrected chi connectivity index (χ3v) is 3.28. The van der Waals surface area contributed by atoms with Gasteiger partial charge in [0.1, 0.15) is 11.5 Å². The molecule has 2 atom stereocenters. The molecular formula is C11H17O5P. The van der Waals surface area contributed by atoms with Crippen LogP contribution in [0.1, 0.15) is 20.3 Å². The number of rotatable bonds is 6. The molecule has 0 aromatic heterocycles. The third-order valence-electron chi connectivity index (χ3n) is 2.13. The van der Waals surface area contributed by atoms with E-state index in [-0.39, 0.29) is 11.9 Å². The number of benzene rings is 1. The van der Waals surface area contributed by atoms with Crippen molar-refractivity contribution in [2.24, 2.45) is 0 Å². The molecule has 0 saturated carbocycles. The van der Waals surface area contributed by atoms with Crippen molar-refractivity contribution in [2.75, 3.05) is 6.35 Å². The number of aromatic hydroxyl groups is 1. The molecule has 0 amide bonds. The van der Waals surface area contributed by atoms with Gasteiger partial charge in [-0.15, -0.1) is 0 Å². The summed E-state index contributed by atoms with van der Waals surface area (Å²) in [6.45, 7) is 3.58. The van der Waals surface area contributed by atoms with Gasteiger partial charge in [-0.1, -0.05) is 13.0 Å².